The highest BCUT2D eigenvalue weighted by Gasteiger charge is 2.15. The normalized spacial score (nSPS) is 11.9. The summed E-state index contributed by atoms with van der Waals surface area (Å²) in [6, 6.07) is 4.43. The van der Waals surface area contributed by atoms with E-state index in [0.717, 1.165) is 0 Å². The van der Waals surface area contributed by atoms with Gasteiger partial charge in [0.15, 0.2) is 0 Å². The summed E-state index contributed by atoms with van der Waals surface area (Å²) >= 11 is 0. The average molecular weight is 256 g/mol. The zero-order chi connectivity index (χ0) is 13.5. The number of anilines is 1. The minimum Gasteiger partial charge on any atom is -0.494 e. The topological polar surface area (TPSA) is 105 Å². The Morgan fingerprint density at radius 2 is 2.28 bits per heavy atom. The van der Waals surface area contributed by atoms with Crippen molar-refractivity contribution in [2.45, 2.75) is 13.0 Å². The lowest BCUT2D eigenvalue weighted by Crippen LogP contribution is -2.23. The molecule has 7 heteroatoms. The van der Waals surface area contributed by atoms with Crippen molar-refractivity contribution in [2.75, 3.05) is 25.1 Å². The van der Waals surface area contributed by atoms with Crippen molar-refractivity contribution in [3.63, 3.8) is 0 Å². The Morgan fingerprint density at radius 3 is 2.83 bits per heavy atom. The van der Waals surface area contributed by atoms with Gasteiger partial charge in [0.2, 0.25) is 0 Å². The van der Waals surface area contributed by atoms with Crippen molar-refractivity contribution < 1.29 is 19.9 Å². The number of nitro groups is 1. The fourth-order valence-electron chi connectivity index (χ4n) is 1.36. The van der Waals surface area contributed by atoms with Crippen LogP contribution < -0.4 is 10.1 Å². The van der Waals surface area contributed by atoms with Gasteiger partial charge in [-0.05, 0) is 19.1 Å². The summed E-state index contributed by atoms with van der Waals surface area (Å²) in [6.45, 7) is 1.84. The van der Waals surface area contributed by atoms with E-state index in [1.54, 1.807) is 13.0 Å². The number of nitrogens with zero attached hydrogens (tertiary/aromatic N) is 1. The van der Waals surface area contributed by atoms with Gasteiger partial charge in [-0.15, -0.1) is 0 Å². The second kappa shape index (κ2) is 6.77. The molecule has 0 aliphatic rings. The molecule has 18 heavy (non-hydrogen) atoms. The molecule has 0 spiro atoms. The molecule has 0 radical (unpaired) electrons. The molecule has 0 saturated carbocycles. The summed E-state index contributed by atoms with van der Waals surface area (Å²) < 4.78 is 5.18. The fourth-order valence-corrected chi connectivity index (χ4v) is 1.36. The van der Waals surface area contributed by atoms with Crippen LogP contribution in [0.5, 0.6) is 5.75 Å². The number of hydrogen-bond acceptors (Lipinski definition) is 6. The number of benzene rings is 1. The Morgan fingerprint density at radius 1 is 1.56 bits per heavy atom. The molecular formula is C11H16N2O5. The van der Waals surface area contributed by atoms with Crippen molar-refractivity contribution in [1.29, 1.82) is 0 Å². The maximum absolute atomic E-state index is 10.9. The average Bonchev–Trinajstić information content (AvgIpc) is 2.36. The summed E-state index contributed by atoms with van der Waals surface area (Å²) in [4.78, 5) is 10.4. The van der Waals surface area contributed by atoms with Gasteiger partial charge in [0.25, 0.3) is 5.69 Å². The molecular weight excluding hydrogens is 240 g/mol. The molecule has 1 aromatic rings. The number of rotatable bonds is 7. The van der Waals surface area contributed by atoms with Crippen molar-refractivity contribution >= 4 is 11.4 Å². The first-order valence-corrected chi connectivity index (χ1v) is 5.52. The molecule has 1 unspecified atom stereocenters. The van der Waals surface area contributed by atoms with Gasteiger partial charge in [-0.1, -0.05) is 0 Å². The lowest BCUT2D eigenvalue weighted by molar-refractivity contribution is -0.384. The third-order valence-electron chi connectivity index (χ3n) is 2.22. The van der Waals surface area contributed by atoms with Crippen LogP contribution in [0.2, 0.25) is 0 Å². The molecule has 0 amide bonds. The molecule has 1 rings (SSSR count). The highest BCUT2D eigenvalue weighted by Crippen LogP contribution is 2.28. The summed E-state index contributed by atoms with van der Waals surface area (Å²) in [5.41, 5.74) is 0.141. The van der Waals surface area contributed by atoms with Crippen molar-refractivity contribution in [2.24, 2.45) is 0 Å². The Kier molecular flexibility index (Phi) is 5.34. The molecule has 7 nitrogen and oxygen atoms in total. The molecule has 1 aromatic carbocycles. The van der Waals surface area contributed by atoms with Crippen LogP contribution in [0.15, 0.2) is 18.2 Å². The van der Waals surface area contributed by atoms with Crippen LogP contribution in [0.4, 0.5) is 11.4 Å². The number of aliphatic hydroxyl groups excluding tert-OH is 2. The fraction of sp³-hybridized carbons (Fsp3) is 0.455. The van der Waals surface area contributed by atoms with Crippen LogP contribution in [0.3, 0.4) is 0 Å². The van der Waals surface area contributed by atoms with Crippen LogP contribution in [0.25, 0.3) is 0 Å². The van der Waals surface area contributed by atoms with Crippen molar-refractivity contribution in [1.82, 2.24) is 0 Å². The molecule has 0 fully saturated rings. The predicted octanol–water partition coefficient (Wildman–Crippen LogP) is 0.759. The molecule has 0 aliphatic heterocycles. The Hall–Kier alpha value is -1.86. The third kappa shape index (κ3) is 3.86. The van der Waals surface area contributed by atoms with Gasteiger partial charge in [-0.25, -0.2) is 0 Å². The molecule has 0 heterocycles. The first-order valence-electron chi connectivity index (χ1n) is 5.52. The van der Waals surface area contributed by atoms with Gasteiger partial charge in [0.1, 0.15) is 11.4 Å². The molecule has 0 bridgehead atoms. The maximum Gasteiger partial charge on any atom is 0.296 e. The predicted molar refractivity (Wildman–Crippen MR) is 65.8 cm³/mol. The van der Waals surface area contributed by atoms with Crippen LogP contribution in [-0.2, 0) is 0 Å². The lowest BCUT2D eigenvalue weighted by Gasteiger charge is -2.11. The van der Waals surface area contributed by atoms with Gasteiger partial charge in [0.05, 0.1) is 30.3 Å². The standard InChI is InChI=1S/C11H16N2O5/c1-2-18-9-3-4-10(11(5-9)13(16)17)12-6-8(15)7-14/h3-5,8,12,14-15H,2,6-7H2,1H3. The maximum atomic E-state index is 10.9. The first kappa shape index (κ1) is 14.2. The highest BCUT2D eigenvalue weighted by molar-refractivity contribution is 5.63. The largest absolute Gasteiger partial charge is 0.494 e. The van der Waals surface area contributed by atoms with Crippen molar-refractivity contribution in [3.05, 3.63) is 28.3 Å². The summed E-state index contributed by atoms with van der Waals surface area (Å²) in [6.07, 6.45) is -0.962. The van der Waals surface area contributed by atoms with Crippen LogP contribution >= 0.6 is 0 Å². The van der Waals surface area contributed by atoms with E-state index in [0.29, 0.717) is 12.4 Å². The highest BCUT2D eigenvalue weighted by atomic mass is 16.6. The number of ether oxygens (including phenoxy) is 1. The van der Waals surface area contributed by atoms with E-state index in [4.69, 9.17) is 9.84 Å². The quantitative estimate of drug-likeness (QED) is 0.491. The third-order valence-corrected chi connectivity index (χ3v) is 2.22. The van der Waals surface area contributed by atoms with E-state index in [-0.39, 0.29) is 17.9 Å². The van der Waals surface area contributed by atoms with E-state index in [1.165, 1.54) is 12.1 Å². The molecule has 0 aromatic heterocycles. The van der Waals surface area contributed by atoms with Crippen LogP contribution in [0, 0.1) is 10.1 Å². The van der Waals surface area contributed by atoms with E-state index in [9.17, 15) is 15.2 Å². The first-order chi connectivity index (χ1) is 8.58. The minimum absolute atomic E-state index is 0.0331. The molecule has 0 saturated heterocycles. The van der Waals surface area contributed by atoms with Gasteiger partial charge in [0, 0.05) is 6.54 Å². The number of aliphatic hydroxyl groups is 2. The smallest absolute Gasteiger partial charge is 0.296 e. The van der Waals surface area contributed by atoms with Gasteiger partial charge >= 0.3 is 0 Å². The molecule has 100 valence electrons. The molecule has 3 N–H and O–H groups in total. The lowest BCUT2D eigenvalue weighted by atomic mass is 10.2. The number of hydrogen-bond donors (Lipinski definition) is 3. The summed E-state index contributed by atoms with van der Waals surface area (Å²) in [7, 11) is 0. The summed E-state index contributed by atoms with van der Waals surface area (Å²) in [5.74, 6) is 0.414. The van der Waals surface area contributed by atoms with Gasteiger partial charge in [-0.2, -0.15) is 0 Å². The van der Waals surface area contributed by atoms with Gasteiger partial charge < -0.3 is 20.3 Å². The Balaban J connectivity index is 2.86. The zero-order valence-electron chi connectivity index (χ0n) is 10.00. The summed E-state index contributed by atoms with van der Waals surface area (Å²) in [5, 5.41) is 31.4. The zero-order valence-corrected chi connectivity index (χ0v) is 10.00. The molecule has 0 aliphatic carbocycles. The molecule has 1 atom stereocenters. The number of nitro benzene ring substituents is 1. The SMILES string of the molecule is CCOc1ccc(NCC(O)CO)c([N+](=O)[O-])c1. The van der Waals surface area contributed by atoms with Crippen LogP contribution in [0.1, 0.15) is 6.92 Å². The second-order valence-electron chi connectivity index (χ2n) is 3.59. The van der Waals surface area contributed by atoms with Crippen molar-refractivity contribution in [3.8, 4) is 5.75 Å². The van der Waals surface area contributed by atoms with E-state index in [1.807, 2.05) is 0 Å². The van der Waals surface area contributed by atoms with Crippen LogP contribution in [-0.4, -0.2) is 41.0 Å². The Labute approximate surface area is 104 Å². The van der Waals surface area contributed by atoms with Gasteiger partial charge in [-0.3, -0.25) is 10.1 Å². The van der Waals surface area contributed by atoms with E-state index >= 15 is 0 Å². The van der Waals surface area contributed by atoms with E-state index < -0.39 is 17.6 Å². The second-order valence-corrected chi connectivity index (χ2v) is 3.59. The Bertz CT molecular complexity index is 410. The number of nitrogens with one attached hydrogen (secondary N) is 1. The van der Waals surface area contributed by atoms with E-state index in [2.05, 4.69) is 5.32 Å². The monoisotopic (exact) mass is 256 g/mol. The minimum atomic E-state index is -0.962.